The van der Waals surface area contributed by atoms with Crippen molar-refractivity contribution in [2.24, 2.45) is 5.92 Å². The van der Waals surface area contributed by atoms with Crippen LogP contribution in [0.1, 0.15) is 51.3 Å². The maximum atomic E-state index is 9.73. The summed E-state index contributed by atoms with van der Waals surface area (Å²) >= 11 is 0. The van der Waals surface area contributed by atoms with Crippen molar-refractivity contribution in [3.05, 3.63) is 24.0 Å². The van der Waals surface area contributed by atoms with Crippen LogP contribution in [0.25, 0.3) is 0 Å². The molecule has 18 heavy (non-hydrogen) atoms. The van der Waals surface area contributed by atoms with Crippen molar-refractivity contribution in [1.82, 2.24) is 4.98 Å². The van der Waals surface area contributed by atoms with Crippen molar-refractivity contribution in [3.8, 4) is 0 Å². The molecule has 0 aromatic carbocycles. The molecule has 1 aliphatic carbocycles. The second kappa shape index (κ2) is 6.19. The first-order chi connectivity index (χ1) is 8.74. The summed E-state index contributed by atoms with van der Waals surface area (Å²) in [5.74, 6) is 0.867. The highest BCUT2D eigenvalue weighted by molar-refractivity contribution is 5.44. The van der Waals surface area contributed by atoms with Crippen LogP contribution in [-0.4, -0.2) is 23.2 Å². The minimum absolute atomic E-state index is 0.430. The molecule has 1 atom stereocenters. The van der Waals surface area contributed by atoms with Crippen LogP contribution in [0, 0.1) is 5.92 Å². The van der Waals surface area contributed by atoms with Gasteiger partial charge in [0.1, 0.15) is 0 Å². The number of hydrogen-bond donors (Lipinski definition) is 1. The molecule has 1 N–H and O–H groups in total. The van der Waals surface area contributed by atoms with Gasteiger partial charge in [0.05, 0.1) is 23.7 Å². The first-order valence-electron chi connectivity index (χ1n) is 7.13. The van der Waals surface area contributed by atoms with E-state index in [1.807, 2.05) is 19.2 Å². The van der Waals surface area contributed by atoms with Gasteiger partial charge in [-0.15, -0.1) is 0 Å². The molecule has 2 rings (SSSR count). The molecule has 0 saturated heterocycles. The molecule has 1 heterocycles. The van der Waals surface area contributed by atoms with Crippen molar-refractivity contribution >= 4 is 5.69 Å². The maximum absolute atomic E-state index is 9.73. The van der Waals surface area contributed by atoms with Gasteiger partial charge in [-0.3, -0.25) is 4.98 Å². The molecular formula is C15H24N2O. The van der Waals surface area contributed by atoms with E-state index in [4.69, 9.17) is 0 Å². The van der Waals surface area contributed by atoms with E-state index in [2.05, 4.69) is 22.9 Å². The van der Waals surface area contributed by atoms with Crippen LogP contribution in [0.4, 0.5) is 5.69 Å². The van der Waals surface area contributed by atoms with Crippen LogP contribution in [0.2, 0.25) is 0 Å². The van der Waals surface area contributed by atoms with Crippen LogP contribution in [-0.2, 0) is 0 Å². The highest BCUT2D eigenvalue weighted by Gasteiger charge is 2.20. The van der Waals surface area contributed by atoms with E-state index in [1.165, 1.54) is 24.9 Å². The van der Waals surface area contributed by atoms with Gasteiger partial charge in [-0.25, -0.2) is 0 Å². The fraction of sp³-hybridized carbons (Fsp3) is 0.667. The number of rotatable bonds is 6. The van der Waals surface area contributed by atoms with E-state index in [0.29, 0.717) is 6.42 Å². The molecule has 0 spiro atoms. The highest BCUT2D eigenvalue weighted by atomic mass is 16.3. The number of aliphatic hydroxyl groups excluding tert-OH is 1. The Morgan fingerprint density at radius 2 is 2.17 bits per heavy atom. The minimum atomic E-state index is -0.430. The average molecular weight is 248 g/mol. The van der Waals surface area contributed by atoms with Crippen LogP contribution in [0.15, 0.2) is 18.3 Å². The smallest absolute Gasteiger partial charge is 0.0957 e. The zero-order valence-corrected chi connectivity index (χ0v) is 11.5. The summed E-state index contributed by atoms with van der Waals surface area (Å²) in [5, 5.41) is 9.73. The minimum Gasteiger partial charge on any atom is -0.387 e. The number of aromatic nitrogens is 1. The molecule has 0 amide bonds. The van der Waals surface area contributed by atoms with Gasteiger partial charge in [-0.2, -0.15) is 0 Å². The van der Waals surface area contributed by atoms with Crippen LogP contribution in [0.5, 0.6) is 0 Å². The molecule has 0 aliphatic heterocycles. The lowest BCUT2D eigenvalue weighted by Crippen LogP contribution is -2.32. The van der Waals surface area contributed by atoms with Crippen molar-refractivity contribution in [2.75, 3.05) is 18.0 Å². The Hall–Kier alpha value is -1.09. The van der Waals surface area contributed by atoms with Gasteiger partial charge in [0, 0.05) is 13.1 Å². The van der Waals surface area contributed by atoms with Gasteiger partial charge in [0.25, 0.3) is 0 Å². The Bertz CT molecular complexity index is 359. The van der Waals surface area contributed by atoms with E-state index in [9.17, 15) is 5.11 Å². The van der Waals surface area contributed by atoms with Gasteiger partial charge in [-0.1, -0.05) is 13.3 Å². The second-order valence-electron chi connectivity index (χ2n) is 5.20. The second-order valence-corrected chi connectivity index (χ2v) is 5.20. The molecule has 0 bridgehead atoms. The van der Waals surface area contributed by atoms with Crippen molar-refractivity contribution < 1.29 is 5.11 Å². The Labute approximate surface area is 110 Å². The van der Waals surface area contributed by atoms with Gasteiger partial charge < -0.3 is 10.0 Å². The van der Waals surface area contributed by atoms with Crippen LogP contribution < -0.4 is 4.90 Å². The van der Waals surface area contributed by atoms with Crippen molar-refractivity contribution in [3.63, 3.8) is 0 Å². The molecule has 3 heteroatoms. The molecule has 1 aliphatic rings. The normalized spacial score (nSPS) is 17.3. The summed E-state index contributed by atoms with van der Waals surface area (Å²) in [5.41, 5.74) is 1.96. The van der Waals surface area contributed by atoms with E-state index >= 15 is 0 Å². The van der Waals surface area contributed by atoms with E-state index in [-0.39, 0.29) is 0 Å². The number of aliphatic hydroxyl groups is 1. The van der Waals surface area contributed by atoms with Gasteiger partial charge in [0.15, 0.2) is 0 Å². The molecule has 1 unspecified atom stereocenters. The lowest BCUT2D eigenvalue weighted by molar-refractivity contribution is 0.169. The lowest BCUT2D eigenvalue weighted by Gasteiger charge is -2.33. The Morgan fingerprint density at radius 3 is 2.61 bits per heavy atom. The molecule has 0 radical (unpaired) electrons. The molecule has 1 saturated carbocycles. The molecule has 100 valence electrons. The van der Waals surface area contributed by atoms with Crippen LogP contribution >= 0.6 is 0 Å². The predicted molar refractivity (Wildman–Crippen MR) is 74.7 cm³/mol. The topological polar surface area (TPSA) is 36.4 Å². The van der Waals surface area contributed by atoms with E-state index in [0.717, 1.165) is 24.7 Å². The van der Waals surface area contributed by atoms with Gasteiger partial charge in [-0.05, 0) is 44.2 Å². The molecule has 1 fully saturated rings. The quantitative estimate of drug-likeness (QED) is 0.840. The number of anilines is 1. The summed E-state index contributed by atoms with van der Waals surface area (Å²) in [6.07, 6.45) is 6.32. The molecular weight excluding hydrogens is 224 g/mol. The third kappa shape index (κ3) is 3.02. The third-order valence-electron chi connectivity index (χ3n) is 3.95. The van der Waals surface area contributed by atoms with Crippen molar-refractivity contribution in [2.45, 2.75) is 45.6 Å². The first-order valence-corrected chi connectivity index (χ1v) is 7.13. The summed E-state index contributed by atoms with van der Waals surface area (Å²) in [6, 6.07) is 4.04. The number of hydrogen-bond acceptors (Lipinski definition) is 3. The summed E-state index contributed by atoms with van der Waals surface area (Å²) in [6.45, 7) is 6.32. The average Bonchev–Trinajstić information content (AvgIpc) is 2.37. The molecule has 1 aromatic rings. The highest BCUT2D eigenvalue weighted by Crippen LogP contribution is 2.29. The standard InChI is InChI=1S/C15H24N2O/c1-3-15(18)14-9-8-13(10-16-14)17(4-2)11-12-6-5-7-12/h8-10,12,15,18H,3-7,11H2,1-2H3. The predicted octanol–water partition coefficient (Wildman–Crippen LogP) is 3.15. The summed E-state index contributed by atoms with van der Waals surface area (Å²) in [4.78, 5) is 6.77. The van der Waals surface area contributed by atoms with Crippen molar-refractivity contribution in [1.29, 1.82) is 0 Å². The van der Waals surface area contributed by atoms with Gasteiger partial charge in [0.2, 0.25) is 0 Å². The Kier molecular flexibility index (Phi) is 4.59. The third-order valence-corrected chi connectivity index (χ3v) is 3.95. The zero-order valence-electron chi connectivity index (χ0n) is 11.5. The van der Waals surface area contributed by atoms with Crippen LogP contribution in [0.3, 0.4) is 0 Å². The Balaban J connectivity index is 2.01. The fourth-order valence-electron chi connectivity index (χ4n) is 2.39. The van der Waals surface area contributed by atoms with E-state index < -0.39 is 6.10 Å². The molecule has 1 aromatic heterocycles. The number of pyridine rings is 1. The number of nitrogens with zero attached hydrogens (tertiary/aromatic N) is 2. The summed E-state index contributed by atoms with van der Waals surface area (Å²) in [7, 11) is 0. The maximum Gasteiger partial charge on any atom is 0.0957 e. The summed E-state index contributed by atoms with van der Waals surface area (Å²) < 4.78 is 0. The zero-order chi connectivity index (χ0) is 13.0. The largest absolute Gasteiger partial charge is 0.387 e. The monoisotopic (exact) mass is 248 g/mol. The fourth-order valence-corrected chi connectivity index (χ4v) is 2.39. The molecule has 3 nitrogen and oxygen atoms in total. The van der Waals surface area contributed by atoms with E-state index in [1.54, 1.807) is 0 Å². The first kappa shape index (κ1) is 13.3. The SMILES string of the molecule is CCC(O)c1ccc(N(CC)CC2CCC2)cn1. The Morgan fingerprint density at radius 1 is 1.39 bits per heavy atom. The lowest BCUT2D eigenvalue weighted by atomic mass is 9.85. The van der Waals surface area contributed by atoms with Gasteiger partial charge >= 0.3 is 0 Å².